The minimum Gasteiger partial charge on any atom is -0.481 e. The summed E-state index contributed by atoms with van der Waals surface area (Å²) in [4.78, 5) is 27.9. The van der Waals surface area contributed by atoms with Crippen LogP contribution in [-0.4, -0.2) is 21.0 Å². The Balaban J connectivity index is 2.53. The third-order valence-corrected chi connectivity index (χ3v) is 3.76. The fourth-order valence-corrected chi connectivity index (χ4v) is 2.34. The molecular weight excluding hydrogens is 372 g/mol. The molecule has 0 aliphatic carbocycles. The van der Waals surface area contributed by atoms with Crippen molar-refractivity contribution in [3.05, 3.63) is 61.2 Å². The second kappa shape index (κ2) is 6.82. The molecule has 24 heavy (non-hydrogen) atoms. The van der Waals surface area contributed by atoms with Crippen LogP contribution in [0.5, 0.6) is 0 Å². The molecule has 1 aromatic carbocycles. The van der Waals surface area contributed by atoms with E-state index in [1.54, 1.807) is 0 Å². The van der Waals surface area contributed by atoms with Gasteiger partial charge in [0.15, 0.2) is 5.69 Å². The summed E-state index contributed by atoms with van der Waals surface area (Å²) in [5, 5.41) is 9.00. The molecule has 0 saturated heterocycles. The Labute approximate surface area is 143 Å². The lowest BCUT2D eigenvalue weighted by Crippen LogP contribution is -2.26. The van der Waals surface area contributed by atoms with E-state index in [0.717, 1.165) is 0 Å². The van der Waals surface area contributed by atoms with E-state index in [2.05, 4.69) is 9.97 Å². The molecule has 2 rings (SSSR count). The fraction of sp³-hybridized carbons (Fsp3) is 0.214. The van der Waals surface area contributed by atoms with E-state index in [0.29, 0.717) is 5.56 Å². The average Bonchev–Trinajstić information content (AvgIpc) is 2.43. The number of hydrogen-bond acceptors (Lipinski definition) is 3. The third kappa shape index (κ3) is 4.27. The van der Waals surface area contributed by atoms with Gasteiger partial charge in [-0.05, 0) is 17.7 Å². The summed E-state index contributed by atoms with van der Waals surface area (Å²) < 4.78 is 39.5. The van der Waals surface area contributed by atoms with E-state index < -0.39 is 41.2 Å². The van der Waals surface area contributed by atoms with Crippen LogP contribution in [0.25, 0.3) is 0 Å². The number of nitrogens with zero attached hydrogens (tertiary/aromatic N) is 1. The summed E-state index contributed by atoms with van der Waals surface area (Å²) in [6.07, 6.45) is -6.13. The molecule has 1 aromatic heterocycles. The number of carbonyl (C=O) groups is 1. The number of nitrogens with one attached hydrogen (secondary N) is 1. The number of hydrogen-bond donors (Lipinski definition) is 2. The summed E-state index contributed by atoms with van der Waals surface area (Å²) in [7, 11) is 0. The quantitative estimate of drug-likeness (QED) is 0.852. The molecule has 0 fully saturated rings. The van der Waals surface area contributed by atoms with Gasteiger partial charge in [-0.2, -0.15) is 13.2 Å². The van der Waals surface area contributed by atoms with Crippen LogP contribution in [0.1, 0.15) is 22.6 Å². The molecule has 0 amide bonds. The van der Waals surface area contributed by atoms with E-state index in [1.165, 1.54) is 18.2 Å². The minimum absolute atomic E-state index is 0.134. The van der Waals surface area contributed by atoms with Gasteiger partial charge in [-0.1, -0.05) is 29.3 Å². The van der Waals surface area contributed by atoms with Gasteiger partial charge in [0, 0.05) is 6.42 Å². The predicted molar refractivity (Wildman–Crippen MR) is 80.5 cm³/mol. The van der Waals surface area contributed by atoms with Crippen molar-refractivity contribution in [2.45, 2.75) is 19.0 Å². The predicted octanol–water partition coefficient (Wildman–Crippen LogP) is 3.31. The molecular formula is C14H9Cl2F3N2O3. The molecule has 5 nitrogen and oxygen atoms in total. The lowest BCUT2D eigenvalue weighted by Gasteiger charge is -2.12. The topological polar surface area (TPSA) is 83.0 Å². The van der Waals surface area contributed by atoms with Crippen molar-refractivity contribution in [3.8, 4) is 0 Å². The minimum atomic E-state index is -4.91. The van der Waals surface area contributed by atoms with Crippen LogP contribution in [0.4, 0.5) is 13.2 Å². The van der Waals surface area contributed by atoms with Crippen LogP contribution in [0, 0.1) is 0 Å². The number of aromatic nitrogens is 2. The zero-order valence-electron chi connectivity index (χ0n) is 11.7. The summed E-state index contributed by atoms with van der Waals surface area (Å²) in [6.45, 7) is 0. The van der Waals surface area contributed by atoms with Gasteiger partial charge < -0.3 is 10.1 Å². The SMILES string of the molecule is O=C(O)Cc1nc(C(F)(F)F)c(Cc2ccc(Cl)c(Cl)c2)c(=O)[nH]1. The highest BCUT2D eigenvalue weighted by atomic mass is 35.5. The number of alkyl halides is 3. The van der Waals surface area contributed by atoms with Crippen molar-refractivity contribution in [1.82, 2.24) is 9.97 Å². The van der Waals surface area contributed by atoms with Gasteiger partial charge in [-0.3, -0.25) is 9.59 Å². The number of benzene rings is 1. The molecule has 0 bridgehead atoms. The second-order valence-corrected chi connectivity index (χ2v) is 5.65. The molecule has 0 spiro atoms. The van der Waals surface area contributed by atoms with E-state index >= 15 is 0 Å². The Kier molecular flexibility index (Phi) is 5.19. The Morgan fingerprint density at radius 3 is 2.46 bits per heavy atom. The van der Waals surface area contributed by atoms with Crippen LogP contribution in [0.3, 0.4) is 0 Å². The molecule has 128 valence electrons. The van der Waals surface area contributed by atoms with E-state index in [9.17, 15) is 22.8 Å². The average molecular weight is 381 g/mol. The molecule has 1 heterocycles. The van der Waals surface area contributed by atoms with Gasteiger partial charge >= 0.3 is 12.1 Å². The standard InChI is InChI=1S/C14H9Cl2F3N2O3/c15-8-2-1-6(4-9(8)16)3-7-12(14(17,18)19)20-10(5-11(22)23)21-13(7)24/h1-2,4H,3,5H2,(H,22,23)(H,20,21,24). The van der Waals surface area contributed by atoms with Crippen molar-refractivity contribution >= 4 is 29.2 Å². The Morgan fingerprint density at radius 2 is 1.92 bits per heavy atom. The number of carboxylic acid groups (broad SMARTS) is 1. The number of halogens is 5. The first-order valence-electron chi connectivity index (χ1n) is 6.43. The third-order valence-electron chi connectivity index (χ3n) is 3.02. The van der Waals surface area contributed by atoms with Crippen molar-refractivity contribution < 1.29 is 23.1 Å². The normalized spacial score (nSPS) is 11.5. The van der Waals surface area contributed by atoms with E-state index in [1.807, 2.05) is 0 Å². The first-order chi connectivity index (χ1) is 11.1. The zero-order valence-corrected chi connectivity index (χ0v) is 13.3. The monoisotopic (exact) mass is 380 g/mol. The maximum atomic E-state index is 13.2. The molecule has 0 saturated carbocycles. The Bertz CT molecular complexity index is 850. The summed E-state index contributed by atoms with van der Waals surface area (Å²) >= 11 is 11.6. The summed E-state index contributed by atoms with van der Waals surface area (Å²) in [6, 6.07) is 4.17. The molecule has 2 aromatic rings. The highest BCUT2D eigenvalue weighted by Gasteiger charge is 2.37. The zero-order chi connectivity index (χ0) is 18.1. The Hall–Kier alpha value is -2.06. The number of carboxylic acids is 1. The van der Waals surface area contributed by atoms with Crippen LogP contribution < -0.4 is 5.56 Å². The molecule has 0 radical (unpaired) electrons. The van der Waals surface area contributed by atoms with Crippen molar-refractivity contribution in [3.63, 3.8) is 0 Å². The van der Waals surface area contributed by atoms with Gasteiger partial charge in [0.1, 0.15) is 12.2 Å². The molecule has 0 atom stereocenters. The van der Waals surface area contributed by atoms with Crippen molar-refractivity contribution in [2.24, 2.45) is 0 Å². The molecule has 10 heteroatoms. The molecule has 2 N–H and O–H groups in total. The first kappa shape index (κ1) is 18.3. The van der Waals surface area contributed by atoms with Gasteiger partial charge in [0.05, 0.1) is 15.6 Å². The largest absolute Gasteiger partial charge is 0.481 e. The highest BCUT2D eigenvalue weighted by molar-refractivity contribution is 6.42. The highest BCUT2D eigenvalue weighted by Crippen LogP contribution is 2.31. The van der Waals surface area contributed by atoms with Crippen LogP contribution in [0.15, 0.2) is 23.0 Å². The van der Waals surface area contributed by atoms with Gasteiger partial charge in [0.25, 0.3) is 5.56 Å². The van der Waals surface area contributed by atoms with E-state index in [-0.39, 0.29) is 16.5 Å². The fourth-order valence-electron chi connectivity index (χ4n) is 2.02. The van der Waals surface area contributed by atoms with Gasteiger partial charge in [-0.25, -0.2) is 4.98 Å². The molecule has 0 aliphatic heterocycles. The van der Waals surface area contributed by atoms with Crippen LogP contribution in [-0.2, 0) is 23.8 Å². The maximum Gasteiger partial charge on any atom is 0.433 e. The Morgan fingerprint density at radius 1 is 1.25 bits per heavy atom. The van der Waals surface area contributed by atoms with Crippen LogP contribution in [0.2, 0.25) is 10.0 Å². The smallest absolute Gasteiger partial charge is 0.433 e. The molecule has 0 unspecified atom stereocenters. The van der Waals surface area contributed by atoms with Gasteiger partial charge in [-0.15, -0.1) is 0 Å². The maximum absolute atomic E-state index is 13.2. The number of aromatic amines is 1. The lowest BCUT2D eigenvalue weighted by atomic mass is 10.0. The molecule has 0 aliphatic rings. The lowest BCUT2D eigenvalue weighted by molar-refractivity contribution is -0.142. The number of H-pyrrole nitrogens is 1. The number of rotatable bonds is 4. The van der Waals surface area contributed by atoms with Crippen molar-refractivity contribution in [1.29, 1.82) is 0 Å². The number of aliphatic carboxylic acids is 1. The second-order valence-electron chi connectivity index (χ2n) is 4.83. The summed E-state index contributed by atoms with van der Waals surface area (Å²) in [5.74, 6) is -1.98. The van der Waals surface area contributed by atoms with Gasteiger partial charge in [0.2, 0.25) is 0 Å². The summed E-state index contributed by atoms with van der Waals surface area (Å²) in [5.41, 5.74) is -2.78. The van der Waals surface area contributed by atoms with Crippen molar-refractivity contribution in [2.75, 3.05) is 0 Å². The first-order valence-corrected chi connectivity index (χ1v) is 7.18. The van der Waals surface area contributed by atoms with Crippen LogP contribution >= 0.6 is 23.2 Å². The van der Waals surface area contributed by atoms with E-state index in [4.69, 9.17) is 28.3 Å².